The Kier molecular flexibility index (Phi) is 4.35. The molecule has 0 aromatic heterocycles. The lowest BCUT2D eigenvalue weighted by Crippen LogP contribution is -2.30. The standard InChI is InChI=1S/C16H15Cl2N3O2/c1-21-14-4-3-11(6-9(14)2-5-15(21)22)23-16-12(17)7-10(20-19)8-13(16)18/h3-4,6-8,20H,2,5,19H2,1H3. The summed E-state index contributed by atoms with van der Waals surface area (Å²) >= 11 is 12.4. The molecule has 2 aromatic rings. The molecule has 1 heterocycles. The number of rotatable bonds is 3. The van der Waals surface area contributed by atoms with E-state index in [1.54, 1.807) is 30.1 Å². The van der Waals surface area contributed by atoms with Gasteiger partial charge in [-0.25, -0.2) is 0 Å². The van der Waals surface area contributed by atoms with E-state index in [1.165, 1.54) is 0 Å². The molecule has 0 aliphatic carbocycles. The summed E-state index contributed by atoms with van der Waals surface area (Å²) in [5.41, 5.74) is 5.03. The van der Waals surface area contributed by atoms with Crippen molar-refractivity contribution in [2.45, 2.75) is 12.8 Å². The Morgan fingerprint density at radius 3 is 2.52 bits per heavy atom. The molecule has 2 aromatic carbocycles. The largest absolute Gasteiger partial charge is 0.454 e. The molecule has 0 bridgehead atoms. The fraction of sp³-hybridized carbons (Fsp3) is 0.188. The molecule has 0 saturated heterocycles. The highest BCUT2D eigenvalue weighted by molar-refractivity contribution is 6.37. The van der Waals surface area contributed by atoms with Gasteiger partial charge in [-0.05, 0) is 42.3 Å². The van der Waals surface area contributed by atoms with Gasteiger partial charge in [0.05, 0.1) is 15.7 Å². The minimum absolute atomic E-state index is 0.113. The topological polar surface area (TPSA) is 67.6 Å². The molecular formula is C16H15Cl2N3O2. The number of nitrogens with zero attached hydrogens (tertiary/aromatic N) is 1. The van der Waals surface area contributed by atoms with Gasteiger partial charge in [0.2, 0.25) is 5.91 Å². The van der Waals surface area contributed by atoms with Crippen molar-refractivity contribution in [1.82, 2.24) is 0 Å². The molecule has 0 fully saturated rings. The second-order valence-electron chi connectivity index (χ2n) is 5.26. The maximum atomic E-state index is 11.7. The number of nitrogens with one attached hydrogen (secondary N) is 1. The van der Waals surface area contributed by atoms with Crippen LogP contribution in [-0.2, 0) is 11.2 Å². The Bertz CT molecular complexity index is 757. The van der Waals surface area contributed by atoms with Crippen molar-refractivity contribution in [3.05, 3.63) is 45.9 Å². The van der Waals surface area contributed by atoms with Crippen molar-refractivity contribution in [3.8, 4) is 11.5 Å². The molecule has 120 valence electrons. The van der Waals surface area contributed by atoms with Gasteiger partial charge in [-0.2, -0.15) is 0 Å². The molecule has 0 radical (unpaired) electrons. The highest BCUT2D eigenvalue weighted by atomic mass is 35.5. The minimum Gasteiger partial charge on any atom is -0.454 e. The lowest BCUT2D eigenvalue weighted by Gasteiger charge is -2.26. The van der Waals surface area contributed by atoms with E-state index in [9.17, 15) is 4.79 Å². The quantitative estimate of drug-likeness (QED) is 0.648. The third-order valence-electron chi connectivity index (χ3n) is 3.78. The maximum Gasteiger partial charge on any atom is 0.227 e. The first-order chi connectivity index (χ1) is 11.0. The third kappa shape index (κ3) is 3.08. The fourth-order valence-electron chi connectivity index (χ4n) is 2.56. The molecule has 3 rings (SSSR count). The number of fused-ring (bicyclic) bond motifs is 1. The van der Waals surface area contributed by atoms with Gasteiger partial charge in [0, 0.05) is 19.2 Å². The van der Waals surface area contributed by atoms with Crippen LogP contribution in [0.15, 0.2) is 30.3 Å². The molecule has 7 heteroatoms. The van der Waals surface area contributed by atoms with Crippen LogP contribution in [0.3, 0.4) is 0 Å². The zero-order valence-corrected chi connectivity index (χ0v) is 13.9. The van der Waals surface area contributed by atoms with Crippen molar-refractivity contribution in [2.75, 3.05) is 17.4 Å². The Balaban J connectivity index is 1.92. The average Bonchev–Trinajstić information content (AvgIpc) is 2.54. The van der Waals surface area contributed by atoms with E-state index in [4.69, 9.17) is 33.8 Å². The zero-order chi connectivity index (χ0) is 16.6. The van der Waals surface area contributed by atoms with E-state index >= 15 is 0 Å². The molecular weight excluding hydrogens is 337 g/mol. The second-order valence-corrected chi connectivity index (χ2v) is 6.07. The van der Waals surface area contributed by atoms with Gasteiger partial charge in [0.25, 0.3) is 0 Å². The van der Waals surface area contributed by atoms with Gasteiger partial charge < -0.3 is 15.1 Å². The summed E-state index contributed by atoms with van der Waals surface area (Å²) in [6, 6.07) is 8.82. The Morgan fingerprint density at radius 1 is 1.17 bits per heavy atom. The van der Waals surface area contributed by atoms with Crippen molar-refractivity contribution in [2.24, 2.45) is 5.84 Å². The smallest absolute Gasteiger partial charge is 0.227 e. The van der Waals surface area contributed by atoms with Gasteiger partial charge in [0.15, 0.2) is 5.75 Å². The Labute approximate surface area is 143 Å². The van der Waals surface area contributed by atoms with Crippen LogP contribution in [0.1, 0.15) is 12.0 Å². The molecule has 3 N–H and O–H groups in total. The molecule has 5 nitrogen and oxygen atoms in total. The molecule has 1 aliphatic rings. The van der Waals surface area contributed by atoms with Gasteiger partial charge in [-0.3, -0.25) is 10.6 Å². The number of hydrazine groups is 1. The van der Waals surface area contributed by atoms with E-state index in [-0.39, 0.29) is 5.91 Å². The van der Waals surface area contributed by atoms with E-state index in [2.05, 4.69) is 5.43 Å². The van der Waals surface area contributed by atoms with Crippen molar-refractivity contribution < 1.29 is 9.53 Å². The average molecular weight is 352 g/mol. The van der Waals surface area contributed by atoms with E-state index < -0.39 is 0 Å². The molecule has 0 saturated carbocycles. The number of nitrogen functional groups attached to an aromatic ring is 1. The summed E-state index contributed by atoms with van der Waals surface area (Å²) in [7, 11) is 1.77. The second kappa shape index (κ2) is 6.28. The fourth-order valence-corrected chi connectivity index (χ4v) is 3.12. The van der Waals surface area contributed by atoms with Crippen LogP contribution in [0.25, 0.3) is 0 Å². The van der Waals surface area contributed by atoms with Crippen LogP contribution < -0.4 is 20.9 Å². The number of amides is 1. The van der Waals surface area contributed by atoms with Crippen LogP contribution in [0, 0.1) is 0 Å². The molecule has 23 heavy (non-hydrogen) atoms. The number of ether oxygens (including phenoxy) is 1. The zero-order valence-electron chi connectivity index (χ0n) is 12.4. The van der Waals surface area contributed by atoms with Gasteiger partial charge >= 0.3 is 0 Å². The van der Waals surface area contributed by atoms with E-state index in [1.807, 2.05) is 12.1 Å². The summed E-state index contributed by atoms with van der Waals surface area (Å²) in [5, 5.41) is 0.714. The van der Waals surface area contributed by atoms with Gasteiger partial charge in [-0.15, -0.1) is 0 Å². The van der Waals surface area contributed by atoms with E-state index in [0.717, 1.165) is 11.3 Å². The lowest BCUT2D eigenvalue weighted by atomic mass is 10.0. The summed E-state index contributed by atoms with van der Waals surface area (Å²) in [5.74, 6) is 6.45. The van der Waals surface area contributed by atoms with Crippen molar-refractivity contribution in [3.63, 3.8) is 0 Å². The normalized spacial score (nSPS) is 13.7. The van der Waals surface area contributed by atoms with Crippen molar-refractivity contribution in [1.29, 1.82) is 0 Å². The van der Waals surface area contributed by atoms with Crippen LogP contribution >= 0.6 is 23.2 Å². The van der Waals surface area contributed by atoms with Crippen LogP contribution in [0.4, 0.5) is 11.4 Å². The molecule has 1 aliphatic heterocycles. The first-order valence-electron chi connectivity index (χ1n) is 7.02. The molecule has 1 amide bonds. The number of carbonyl (C=O) groups excluding carboxylic acids is 1. The van der Waals surface area contributed by atoms with Crippen molar-refractivity contribution >= 4 is 40.5 Å². The predicted molar refractivity (Wildman–Crippen MR) is 92.5 cm³/mol. The highest BCUT2D eigenvalue weighted by Crippen LogP contribution is 2.40. The molecule has 0 unspecified atom stereocenters. The Hall–Kier alpha value is -1.95. The monoisotopic (exact) mass is 351 g/mol. The summed E-state index contributed by atoms with van der Waals surface area (Å²) < 4.78 is 5.83. The summed E-state index contributed by atoms with van der Waals surface area (Å²) in [6.07, 6.45) is 1.18. The number of hydrogen-bond donors (Lipinski definition) is 2. The Morgan fingerprint density at radius 2 is 1.87 bits per heavy atom. The molecule has 0 spiro atoms. The SMILES string of the molecule is CN1C(=O)CCc2cc(Oc3c(Cl)cc(NN)cc3Cl)ccc21. The number of anilines is 2. The van der Waals surface area contributed by atoms with Crippen LogP contribution in [0.2, 0.25) is 10.0 Å². The summed E-state index contributed by atoms with van der Waals surface area (Å²) in [4.78, 5) is 13.4. The van der Waals surface area contributed by atoms with Gasteiger partial charge in [0.1, 0.15) is 5.75 Å². The number of halogens is 2. The van der Waals surface area contributed by atoms with E-state index in [0.29, 0.717) is 40.1 Å². The number of hydrogen-bond acceptors (Lipinski definition) is 4. The summed E-state index contributed by atoms with van der Waals surface area (Å²) in [6.45, 7) is 0. The first-order valence-corrected chi connectivity index (χ1v) is 7.78. The van der Waals surface area contributed by atoms with Gasteiger partial charge in [-0.1, -0.05) is 23.2 Å². The van der Waals surface area contributed by atoms with Crippen LogP contribution in [0.5, 0.6) is 11.5 Å². The highest BCUT2D eigenvalue weighted by Gasteiger charge is 2.21. The first kappa shape index (κ1) is 15.9. The third-order valence-corrected chi connectivity index (χ3v) is 4.34. The molecule has 0 atom stereocenters. The maximum absolute atomic E-state index is 11.7. The minimum atomic E-state index is 0.113. The number of carbonyl (C=O) groups is 1. The number of aryl methyl sites for hydroxylation is 1. The van der Waals surface area contributed by atoms with Crippen LogP contribution in [-0.4, -0.2) is 13.0 Å². The lowest BCUT2D eigenvalue weighted by molar-refractivity contribution is -0.118. The number of nitrogens with two attached hydrogens (primary N) is 1. The number of benzene rings is 2. The predicted octanol–water partition coefficient (Wildman–Crippen LogP) is 3.98.